The molecule has 1 aromatic heterocycles. The minimum Gasteiger partial charge on any atom is -0.487 e. The first kappa shape index (κ1) is 13.6. The summed E-state index contributed by atoms with van der Waals surface area (Å²) in [5.41, 5.74) is 7.80. The second-order valence-corrected chi connectivity index (χ2v) is 4.98. The van der Waals surface area contributed by atoms with Crippen LogP contribution in [0.25, 0.3) is 10.9 Å². The number of aromatic nitrogens is 1. The lowest BCUT2D eigenvalue weighted by Gasteiger charge is -2.11. The molecule has 0 aliphatic carbocycles. The largest absolute Gasteiger partial charge is 0.487 e. The van der Waals surface area contributed by atoms with E-state index in [0.717, 1.165) is 5.39 Å². The Morgan fingerprint density at radius 1 is 1.19 bits per heavy atom. The molecule has 3 rings (SSSR count). The van der Waals surface area contributed by atoms with Crippen LogP contribution in [0.4, 0.5) is 10.1 Å². The first-order valence-electron chi connectivity index (χ1n) is 6.35. The molecule has 0 spiro atoms. The van der Waals surface area contributed by atoms with Crippen LogP contribution in [0.15, 0.2) is 48.7 Å². The maximum Gasteiger partial charge on any atom is 0.146 e. The van der Waals surface area contributed by atoms with Crippen LogP contribution in [-0.4, -0.2) is 4.98 Å². The Morgan fingerprint density at radius 3 is 2.90 bits per heavy atom. The van der Waals surface area contributed by atoms with Gasteiger partial charge in [0.05, 0.1) is 0 Å². The van der Waals surface area contributed by atoms with Crippen LogP contribution < -0.4 is 10.5 Å². The van der Waals surface area contributed by atoms with E-state index in [2.05, 4.69) is 4.98 Å². The molecule has 21 heavy (non-hydrogen) atoms. The van der Waals surface area contributed by atoms with Gasteiger partial charge in [0.25, 0.3) is 0 Å². The molecule has 3 nitrogen and oxygen atoms in total. The molecule has 0 radical (unpaired) electrons. The third-order valence-electron chi connectivity index (χ3n) is 3.16. The minimum atomic E-state index is -0.349. The number of benzene rings is 2. The van der Waals surface area contributed by atoms with E-state index in [1.54, 1.807) is 18.3 Å². The highest BCUT2D eigenvalue weighted by atomic mass is 35.5. The van der Waals surface area contributed by atoms with Crippen molar-refractivity contribution in [2.45, 2.75) is 6.61 Å². The summed E-state index contributed by atoms with van der Waals surface area (Å²) in [6, 6.07) is 11.4. The van der Waals surface area contributed by atoms with Gasteiger partial charge < -0.3 is 10.5 Å². The highest BCUT2D eigenvalue weighted by Gasteiger charge is 2.08. The van der Waals surface area contributed by atoms with Gasteiger partial charge in [-0.25, -0.2) is 4.39 Å². The summed E-state index contributed by atoms with van der Waals surface area (Å²) >= 11 is 6.02. The Hall–Kier alpha value is -2.33. The fourth-order valence-corrected chi connectivity index (χ4v) is 2.27. The topological polar surface area (TPSA) is 48.1 Å². The lowest BCUT2D eigenvalue weighted by atomic mass is 10.1. The Morgan fingerprint density at radius 2 is 2.05 bits per heavy atom. The second-order valence-electron chi connectivity index (χ2n) is 4.58. The average Bonchev–Trinajstić information content (AvgIpc) is 2.50. The Bertz CT molecular complexity index is 807. The Balaban J connectivity index is 1.92. The van der Waals surface area contributed by atoms with Crippen molar-refractivity contribution in [1.82, 2.24) is 4.98 Å². The molecule has 0 amide bonds. The molecule has 0 atom stereocenters. The van der Waals surface area contributed by atoms with E-state index in [1.165, 1.54) is 18.2 Å². The number of hydrogen-bond donors (Lipinski definition) is 1. The van der Waals surface area contributed by atoms with E-state index in [1.807, 2.05) is 12.1 Å². The molecule has 0 bridgehead atoms. The number of ether oxygens (including phenoxy) is 1. The van der Waals surface area contributed by atoms with Gasteiger partial charge in [0.15, 0.2) is 0 Å². The summed E-state index contributed by atoms with van der Waals surface area (Å²) in [5, 5.41) is 1.28. The molecule has 106 valence electrons. The number of hydrogen-bond acceptors (Lipinski definition) is 3. The summed E-state index contributed by atoms with van der Waals surface area (Å²) in [5.74, 6) is 0.235. The molecule has 1 heterocycles. The van der Waals surface area contributed by atoms with Gasteiger partial charge in [-0.2, -0.15) is 0 Å². The van der Waals surface area contributed by atoms with Crippen LogP contribution in [0.2, 0.25) is 5.02 Å². The van der Waals surface area contributed by atoms with Crippen LogP contribution in [-0.2, 0) is 6.61 Å². The van der Waals surface area contributed by atoms with Crippen molar-refractivity contribution in [3.05, 3.63) is 65.1 Å². The lowest BCUT2D eigenvalue weighted by Crippen LogP contribution is -1.99. The molecule has 2 aromatic carbocycles. The van der Waals surface area contributed by atoms with E-state index in [9.17, 15) is 4.39 Å². The monoisotopic (exact) mass is 302 g/mol. The fraction of sp³-hybridized carbons (Fsp3) is 0.0625. The number of nitrogens with two attached hydrogens (primary N) is 1. The molecule has 0 saturated heterocycles. The van der Waals surface area contributed by atoms with Crippen molar-refractivity contribution in [3.8, 4) is 5.75 Å². The third kappa shape index (κ3) is 2.76. The van der Waals surface area contributed by atoms with Crippen LogP contribution in [0.1, 0.15) is 5.56 Å². The van der Waals surface area contributed by atoms with Crippen molar-refractivity contribution < 1.29 is 9.13 Å². The summed E-state index contributed by atoms with van der Waals surface area (Å²) in [6.45, 7) is 0.159. The second kappa shape index (κ2) is 5.58. The standard InChI is InChI=1S/C16H12ClFN2O/c17-13-4-3-11(18)8-10(13)9-21-15-6-5-14(19)12-2-1-7-20-16(12)15/h1-8H,9,19H2. The van der Waals surface area contributed by atoms with Gasteiger partial charge in [0, 0.05) is 27.9 Å². The fourth-order valence-electron chi connectivity index (χ4n) is 2.09. The summed E-state index contributed by atoms with van der Waals surface area (Å²) in [4.78, 5) is 4.28. The van der Waals surface area contributed by atoms with Gasteiger partial charge in [-0.3, -0.25) is 4.98 Å². The predicted molar refractivity (Wildman–Crippen MR) is 81.9 cm³/mol. The third-order valence-corrected chi connectivity index (χ3v) is 3.53. The van der Waals surface area contributed by atoms with E-state index in [-0.39, 0.29) is 12.4 Å². The molecular weight excluding hydrogens is 291 g/mol. The van der Waals surface area contributed by atoms with Crippen LogP contribution in [0.3, 0.4) is 0 Å². The van der Waals surface area contributed by atoms with Crippen LogP contribution in [0.5, 0.6) is 5.75 Å². The summed E-state index contributed by atoms with van der Waals surface area (Å²) in [7, 11) is 0. The number of anilines is 1. The molecule has 0 fully saturated rings. The molecule has 2 N–H and O–H groups in total. The van der Waals surface area contributed by atoms with E-state index in [4.69, 9.17) is 22.1 Å². The highest BCUT2D eigenvalue weighted by Crippen LogP contribution is 2.29. The van der Waals surface area contributed by atoms with Crippen molar-refractivity contribution >= 4 is 28.2 Å². The Labute approximate surface area is 126 Å². The number of pyridine rings is 1. The van der Waals surface area contributed by atoms with Gasteiger partial charge in [0.1, 0.15) is 23.7 Å². The molecule has 0 saturated carbocycles. The normalized spacial score (nSPS) is 10.8. The van der Waals surface area contributed by atoms with Gasteiger partial charge in [-0.15, -0.1) is 0 Å². The molecule has 0 aliphatic rings. The maximum absolute atomic E-state index is 13.2. The van der Waals surface area contributed by atoms with Crippen molar-refractivity contribution in [1.29, 1.82) is 0 Å². The first-order chi connectivity index (χ1) is 10.1. The molecular formula is C16H12ClFN2O. The highest BCUT2D eigenvalue weighted by molar-refractivity contribution is 6.31. The number of fused-ring (bicyclic) bond motifs is 1. The van der Waals surface area contributed by atoms with Crippen molar-refractivity contribution in [2.75, 3.05) is 5.73 Å². The zero-order valence-electron chi connectivity index (χ0n) is 11.0. The quantitative estimate of drug-likeness (QED) is 0.738. The number of halogens is 2. The van der Waals surface area contributed by atoms with Crippen molar-refractivity contribution in [3.63, 3.8) is 0 Å². The average molecular weight is 303 g/mol. The SMILES string of the molecule is Nc1ccc(OCc2cc(F)ccc2Cl)c2ncccc12. The maximum atomic E-state index is 13.2. The minimum absolute atomic E-state index is 0.159. The zero-order chi connectivity index (χ0) is 14.8. The Kier molecular flexibility index (Phi) is 3.62. The number of nitrogens with zero attached hydrogens (tertiary/aromatic N) is 1. The molecule has 0 unspecified atom stereocenters. The lowest BCUT2D eigenvalue weighted by molar-refractivity contribution is 0.309. The summed E-state index contributed by atoms with van der Waals surface area (Å²) in [6.07, 6.45) is 1.67. The van der Waals surface area contributed by atoms with Crippen molar-refractivity contribution in [2.24, 2.45) is 0 Å². The van der Waals surface area contributed by atoms with Gasteiger partial charge in [-0.1, -0.05) is 11.6 Å². The summed E-state index contributed by atoms with van der Waals surface area (Å²) < 4.78 is 19.0. The molecule has 3 aromatic rings. The molecule has 0 aliphatic heterocycles. The van der Waals surface area contributed by atoms with E-state index >= 15 is 0 Å². The number of rotatable bonds is 3. The van der Waals surface area contributed by atoms with Gasteiger partial charge in [0.2, 0.25) is 0 Å². The smallest absolute Gasteiger partial charge is 0.146 e. The molecule has 5 heteroatoms. The zero-order valence-corrected chi connectivity index (χ0v) is 11.8. The number of nitrogen functional groups attached to an aromatic ring is 1. The van der Waals surface area contributed by atoms with Gasteiger partial charge in [-0.05, 0) is 42.5 Å². The van der Waals surface area contributed by atoms with Crippen LogP contribution in [0, 0.1) is 5.82 Å². The van der Waals surface area contributed by atoms with Crippen LogP contribution >= 0.6 is 11.6 Å². The predicted octanol–water partition coefficient (Wildman–Crippen LogP) is 4.19. The van der Waals surface area contributed by atoms with E-state index < -0.39 is 0 Å². The van der Waals surface area contributed by atoms with E-state index in [0.29, 0.717) is 27.5 Å². The first-order valence-corrected chi connectivity index (χ1v) is 6.73. The van der Waals surface area contributed by atoms with Gasteiger partial charge >= 0.3 is 0 Å².